The number of aliphatic hydroxyl groups excluding tert-OH is 1. The van der Waals surface area contributed by atoms with Gasteiger partial charge in [0.05, 0.1) is 6.10 Å². The van der Waals surface area contributed by atoms with Crippen molar-refractivity contribution in [2.75, 3.05) is 0 Å². The second-order valence-corrected chi connectivity index (χ2v) is 12.7. The average molecular weight is 401 g/mol. The summed E-state index contributed by atoms with van der Waals surface area (Å²) in [7, 11) is 0. The van der Waals surface area contributed by atoms with E-state index in [0.29, 0.717) is 22.2 Å². The maximum absolute atomic E-state index is 10.8. The Kier molecular flexibility index (Phi) is 5.58. The van der Waals surface area contributed by atoms with Gasteiger partial charge in [-0.15, -0.1) is 0 Å². The second-order valence-electron chi connectivity index (χ2n) is 12.7. The molecule has 1 heteroatoms. The summed E-state index contributed by atoms with van der Waals surface area (Å²) >= 11 is 0. The zero-order valence-electron chi connectivity index (χ0n) is 20.4. The molecular formula is C28H48O. The molecule has 166 valence electrons. The molecule has 1 nitrogen and oxygen atoms in total. The van der Waals surface area contributed by atoms with Gasteiger partial charge in [-0.3, -0.25) is 0 Å². The van der Waals surface area contributed by atoms with Crippen LogP contribution < -0.4 is 0 Å². The number of fused-ring (bicyclic) bond motifs is 4. The summed E-state index contributed by atoms with van der Waals surface area (Å²) in [6.07, 6.45) is 17.4. The summed E-state index contributed by atoms with van der Waals surface area (Å²) in [5, 5.41) is 10.8. The van der Waals surface area contributed by atoms with E-state index in [1.165, 1.54) is 77.0 Å². The molecule has 0 spiro atoms. The van der Waals surface area contributed by atoms with E-state index >= 15 is 0 Å². The third-order valence-corrected chi connectivity index (χ3v) is 11.3. The molecule has 6 atom stereocenters. The molecule has 0 unspecified atom stereocenters. The Morgan fingerprint density at radius 3 is 2.31 bits per heavy atom. The molecule has 0 aliphatic heterocycles. The Morgan fingerprint density at radius 2 is 1.59 bits per heavy atom. The fourth-order valence-electron chi connectivity index (χ4n) is 9.08. The molecule has 2 fully saturated rings. The highest BCUT2D eigenvalue weighted by atomic mass is 16.3. The zero-order valence-corrected chi connectivity index (χ0v) is 20.4. The highest BCUT2D eigenvalue weighted by Crippen LogP contribution is 2.72. The van der Waals surface area contributed by atoms with E-state index in [0.717, 1.165) is 12.3 Å². The summed E-state index contributed by atoms with van der Waals surface area (Å²) in [5.41, 5.74) is 5.10. The summed E-state index contributed by atoms with van der Waals surface area (Å²) in [6.45, 7) is 15.0. The van der Waals surface area contributed by atoms with Crippen LogP contribution in [0.25, 0.3) is 0 Å². The molecule has 0 amide bonds. The van der Waals surface area contributed by atoms with Gasteiger partial charge in [0.2, 0.25) is 0 Å². The third-order valence-electron chi connectivity index (χ3n) is 11.3. The van der Waals surface area contributed by atoms with Crippen molar-refractivity contribution >= 4 is 0 Å². The first kappa shape index (κ1) is 21.9. The maximum atomic E-state index is 10.8. The smallest absolute Gasteiger partial charge is 0.0594 e. The highest BCUT2D eigenvalue weighted by molar-refractivity contribution is 5.38. The zero-order chi connectivity index (χ0) is 21.1. The number of unbranched alkanes of at least 4 members (excludes halogenated alkanes) is 3. The SMILES string of the molecule is CCCCCC[C@H]1CC[C@@]2(C)C3=C(CC[C@]12C)[C@@]1(C)CC[C@H](O)C(C)(C)[C@@H]1CC3. The quantitative estimate of drug-likeness (QED) is 0.365. The Morgan fingerprint density at radius 1 is 0.828 bits per heavy atom. The van der Waals surface area contributed by atoms with Crippen molar-refractivity contribution in [2.24, 2.45) is 33.5 Å². The normalized spacial score (nSPS) is 46.2. The third kappa shape index (κ3) is 3.03. The second kappa shape index (κ2) is 7.39. The van der Waals surface area contributed by atoms with Gasteiger partial charge in [0.15, 0.2) is 0 Å². The van der Waals surface area contributed by atoms with E-state index in [1.807, 2.05) is 11.1 Å². The van der Waals surface area contributed by atoms with E-state index in [2.05, 4.69) is 41.5 Å². The molecule has 0 radical (unpaired) electrons. The predicted octanol–water partition coefficient (Wildman–Crippen LogP) is 8.07. The molecule has 0 saturated heterocycles. The first-order chi connectivity index (χ1) is 13.6. The maximum Gasteiger partial charge on any atom is 0.0594 e. The first-order valence-corrected chi connectivity index (χ1v) is 13.0. The van der Waals surface area contributed by atoms with E-state index in [-0.39, 0.29) is 11.5 Å². The van der Waals surface area contributed by atoms with Crippen LogP contribution in [0.15, 0.2) is 11.1 Å². The Labute approximate surface area is 181 Å². The fourth-order valence-corrected chi connectivity index (χ4v) is 9.08. The van der Waals surface area contributed by atoms with Crippen molar-refractivity contribution < 1.29 is 5.11 Å². The van der Waals surface area contributed by atoms with Crippen molar-refractivity contribution in [2.45, 2.75) is 131 Å². The van der Waals surface area contributed by atoms with E-state index < -0.39 is 0 Å². The van der Waals surface area contributed by atoms with Gasteiger partial charge in [-0.1, -0.05) is 78.4 Å². The molecular weight excluding hydrogens is 352 g/mol. The summed E-state index contributed by atoms with van der Waals surface area (Å²) < 4.78 is 0. The van der Waals surface area contributed by atoms with Crippen LogP contribution in [-0.4, -0.2) is 11.2 Å². The minimum atomic E-state index is -0.119. The van der Waals surface area contributed by atoms with Gasteiger partial charge >= 0.3 is 0 Å². The van der Waals surface area contributed by atoms with Crippen molar-refractivity contribution in [3.63, 3.8) is 0 Å². The Bertz CT molecular complexity index is 659. The summed E-state index contributed by atoms with van der Waals surface area (Å²) in [4.78, 5) is 0. The van der Waals surface area contributed by atoms with Crippen LogP contribution in [0.4, 0.5) is 0 Å². The molecule has 4 aliphatic rings. The van der Waals surface area contributed by atoms with Crippen LogP contribution in [0.3, 0.4) is 0 Å². The molecule has 1 N–H and O–H groups in total. The topological polar surface area (TPSA) is 20.2 Å². The largest absolute Gasteiger partial charge is 0.393 e. The lowest BCUT2D eigenvalue weighted by molar-refractivity contribution is -0.0957. The van der Waals surface area contributed by atoms with Crippen molar-refractivity contribution in [3.05, 3.63) is 11.1 Å². The number of aliphatic hydroxyl groups is 1. The Hall–Kier alpha value is -0.300. The summed E-state index contributed by atoms with van der Waals surface area (Å²) in [5.74, 6) is 1.59. The van der Waals surface area contributed by atoms with Crippen molar-refractivity contribution in [1.29, 1.82) is 0 Å². The van der Waals surface area contributed by atoms with E-state index in [4.69, 9.17) is 0 Å². The van der Waals surface area contributed by atoms with Gasteiger partial charge in [0, 0.05) is 0 Å². The van der Waals surface area contributed by atoms with Gasteiger partial charge in [-0.05, 0) is 91.3 Å². The minimum absolute atomic E-state index is 0.0602. The number of hydrogen-bond acceptors (Lipinski definition) is 1. The standard InChI is InChI=1S/C28H48O/c1-7-8-9-10-11-20-14-18-28(6)22-12-13-23-25(2,3)24(29)16-17-26(23,4)21(22)15-19-27(20,28)5/h20,23-24,29H,7-19H2,1-6H3/t20-,23-,24-,26+,27+,28-/m0/s1. The van der Waals surface area contributed by atoms with Crippen LogP contribution in [0.5, 0.6) is 0 Å². The van der Waals surface area contributed by atoms with Gasteiger partial charge in [-0.2, -0.15) is 0 Å². The van der Waals surface area contributed by atoms with Crippen molar-refractivity contribution in [3.8, 4) is 0 Å². The van der Waals surface area contributed by atoms with Gasteiger partial charge in [0.1, 0.15) is 0 Å². The highest BCUT2D eigenvalue weighted by Gasteiger charge is 2.62. The van der Waals surface area contributed by atoms with Crippen molar-refractivity contribution in [1.82, 2.24) is 0 Å². The van der Waals surface area contributed by atoms with Crippen LogP contribution in [0.2, 0.25) is 0 Å². The van der Waals surface area contributed by atoms with Gasteiger partial charge in [-0.25, -0.2) is 0 Å². The molecule has 4 aliphatic carbocycles. The molecule has 0 aromatic carbocycles. The molecule has 29 heavy (non-hydrogen) atoms. The Balaban J connectivity index is 1.63. The van der Waals surface area contributed by atoms with Crippen LogP contribution in [0, 0.1) is 33.5 Å². The molecule has 0 bridgehead atoms. The molecule has 0 heterocycles. The predicted molar refractivity (Wildman–Crippen MR) is 124 cm³/mol. The lowest BCUT2D eigenvalue weighted by Gasteiger charge is -2.62. The molecule has 4 rings (SSSR count). The first-order valence-electron chi connectivity index (χ1n) is 13.0. The van der Waals surface area contributed by atoms with Crippen LogP contribution in [-0.2, 0) is 0 Å². The lowest BCUT2D eigenvalue weighted by atomic mass is 9.43. The van der Waals surface area contributed by atoms with E-state index in [9.17, 15) is 5.11 Å². The molecule has 0 aromatic heterocycles. The minimum Gasteiger partial charge on any atom is -0.393 e. The van der Waals surface area contributed by atoms with Crippen LogP contribution in [0.1, 0.15) is 125 Å². The molecule has 0 aromatic rings. The molecule has 2 saturated carbocycles. The van der Waals surface area contributed by atoms with Crippen LogP contribution >= 0.6 is 0 Å². The van der Waals surface area contributed by atoms with E-state index in [1.54, 1.807) is 0 Å². The lowest BCUT2D eigenvalue weighted by Crippen LogP contribution is -2.54. The average Bonchev–Trinajstić information content (AvgIpc) is 2.94. The summed E-state index contributed by atoms with van der Waals surface area (Å²) in [6, 6.07) is 0. The monoisotopic (exact) mass is 400 g/mol. The number of hydrogen-bond donors (Lipinski definition) is 1. The number of rotatable bonds is 5. The fraction of sp³-hybridized carbons (Fsp3) is 0.929. The van der Waals surface area contributed by atoms with Gasteiger partial charge < -0.3 is 5.11 Å². The number of allylic oxidation sites excluding steroid dienone is 2. The van der Waals surface area contributed by atoms with Gasteiger partial charge in [0.25, 0.3) is 0 Å².